The molecular weight excluding hydrogens is 270 g/mol. The number of aromatic nitrogens is 2. The number of hydrogen-bond donors (Lipinski definition) is 1. The fourth-order valence-corrected chi connectivity index (χ4v) is 3.42. The van der Waals surface area contributed by atoms with Crippen LogP contribution in [0.5, 0.6) is 0 Å². The number of thiophene rings is 1. The SMILES string of the molecule is c1nc(NCCCOC2CCCCC2)c2ccsc2n1. The Bertz CT molecular complexity index is 537. The van der Waals surface area contributed by atoms with Crippen molar-refractivity contribution < 1.29 is 4.74 Å². The smallest absolute Gasteiger partial charge is 0.138 e. The molecule has 1 N–H and O–H groups in total. The molecule has 0 atom stereocenters. The minimum Gasteiger partial charge on any atom is -0.378 e. The minimum absolute atomic E-state index is 0.506. The van der Waals surface area contributed by atoms with Crippen molar-refractivity contribution >= 4 is 27.4 Å². The lowest BCUT2D eigenvalue weighted by Crippen LogP contribution is -2.18. The van der Waals surface area contributed by atoms with Gasteiger partial charge in [-0.1, -0.05) is 19.3 Å². The summed E-state index contributed by atoms with van der Waals surface area (Å²) in [5.74, 6) is 0.939. The van der Waals surface area contributed by atoms with E-state index in [-0.39, 0.29) is 0 Å². The molecular formula is C15H21N3OS. The molecule has 0 spiro atoms. The monoisotopic (exact) mass is 291 g/mol. The second-order valence-corrected chi connectivity index (χ2v) is 6.17. The van der Waals surface area contributed by atoms with Gasteiger partial charge in [-0.2, -0.15) is 0 Å². The molecule has 2 aromatic heterocycles. The van der Waals surface area contributed by atoms with E-state index >= 15 is 0 Å². The average molecular weight is 291 g/mol. The van der Waals surface area contributed by atoms with Crippen LogP contribution >= 0.6 is 11.3 Å². The highest BCUT2D eigenvalue weighted by atomic mass is 32.1. The van der Waals surface area contributed by atoms with Gasteiger partial charge < -0.3 is 10.1 Å². The number of anilines is 1. The molecule has 0 aliphatic heterocycles. The van der Waals surface area contributed by atoms with Crippen LogP contribution in [-0.4, -0.2) is 29.2 Å². The molecule has 4 nitrogen and oxygen atoms in total. The molecule has 0 radical (unpaired) electrons. The van der Waals surface area contributed by atoms with E-state index in [9.17, 15) is 0 Å². The molecule has 5 heteroatoms. The largest absolute Gasteiger partial charge is 0.378 e. The molecule has 0 saturated heterocycles. The van der Waals surface area contributed by atoms with Gasteiger partial charge in [-0.3, -0.25) is 0 Å². The van der Waals surface area contributed by atoms with E-state index in [0.29, 0.717) is 6.10 Å². The van der Waals surface area contributed by atoms with Crippen LogP contribution in [0.3, 0.4) is 0 Å². The summed E-state index contributed by atoms with van der Waals surface area (Å²) in [7, 11) is 0. The Hall–Kier alpha value is -1.20. The van der Waals surface area contributed by atoms with Gasteiger partial charge in [0.1, 0.15) is 17.0 Å². The van der Waals surface area contributed by atoms with Crippen LogP contribution in [0.15, 0.2) is 17.8 Å². The third-order valence-electron chi connectivity index (χ3n) is 3.78. The minimum atomic E-state index is 0.506. The summed E-state index contributed by atoms with van der Waals surface area (Å²) >= 11 is 1.65. The maximum absolute atomic E-state index is 5.92. The van der Waals surface area contributed by atoms with E-state index in [2.05, 4.69) is 26.7 Å². The zero-order chi connectivity index (χ0) is 13.6. The fraction of sp³-hybridized carbons (Fsp3) is 0.600. The van der Waals surface area contributed by atoms with Crippen molar-refractivity contribution in [2.45, 2.75) is 44.6 Å². The predicted molar refractivity (Wildman–Crippen MR) is 83.3 cm³/mol. The maximum atomic E-state index is 5.92. The van der Waals surface area contributed by atoms with Crippen molar-refractivity contribution in [2.24, 2.45) is 0 Å². The normalized spacial score (nSPS) is 16.6. The van der Waals surface area contributed by atoms with Crippen molar-refractivity contribution in [3.8, 4) is 0 Å². The molecule has 2 heterocycles. The van der Waals surface area contributed by atoms with Crippen LogP contribution in [-0.2, 0) is 4.74 Å². The van der Waals surface area contributed by atoms with Gasteiger partial charge in [0.2, 0.25) is 0 Å². The summed E-state index contributed by atoms with van der Waals surface area (Å²) in [6.45, 7) is 1.74. The molecule has 1 aliphatic carbocycles. The second kappa shape index (κ2) is 6.99. The molecule has 0 aromatic carbocycles. The molecule has 0 unspecified atom stereocenters. The Morgan fingerprint density at radius 1 is 1.25 bits per heavy atom. The van der Waals surface area contributed by atoms with E-state index in [0.717, 1.165) is 35.6 Å². The topological polar surface area (TPSA) is 47.0 Å². The quantitative estimate of drug-likeness (QED) is 0.821. The molecule has 0 bridgehead atoms. The number of hydrogen-bond acceptors (Lipinski definition) is 5. The summed E-state index contributed by atoms with van der Waals surface area (Å²) in [5.41, 5.74) is 0. The van der Waals surface area contributed by atoms with E-state index < -0.39 is 0 Å². The van der Waals surface area contributed by atoms with Crippen LogP contribution in [0.25, 0.3) is 10.2 Å². The van der Waals surface area contributed by atoms with E-state index in [1.165, 1.54) is 32.1 Å². The van der Waals surface area contributed by atoms with Gasteiger partial charge in [0.25, 0.3) is 0 Å². The highest BCUT2D eigenvalue weighted by molar-refractivity contribution is 7.16. The van der Waals surface area contributed by atoms with Gasteiger partial charge in [0, 0.05) is 13.2 Å². The molecule has 3 rings (SSSR count). The van der Waals surface area contributed by atoms with E-state index in [4.69, 9.17) is 4.74 Å². The summed E-state index contributed by atoms with van der Waals surface area (Å²) < 4.78 is 5.92. The van der Waals surface area contributed by atoms with E-state index in [1.54, 1.807) is 17.7 Å². The van der Waals surface area contributed by atoms with Crippen LogP contribution < -0.4 is 5.32 Å². The van der Waals surface area contributed by atoms with E-state index in [1.807, 2.05) is 0 Å². The Morgan fingerprint density at radius 2 is 2.15 bits per heavy atom. The predicted octanol–water partition coefficient (Wildman–Crippen LogP) is 3.84. The zero-order valence-electron chi connectivity index (χ0n) is 11.7. The Labute approximate surface area is 123 Å². The standard InChI is InChI=1S/C15H21N3OS/c1-2-5-12(6-3-1)19-9-4-8-16-14-13-7-10-20-15(13)18-11-17-14/h7,10-12H,1-6,8-9H2,(H,16,17,18). The number of fused-ring (bicyclic) bond motifs is 1. The molecule has 2 aromatic rings. The molecule has 0 amide bonds. The van der Waals surface area contributed by atoms with Crippen LogP contribution in [0, 0.1) is 0 Å². The first-order valence-corrected chi connectivity index (χ1v) is 8.35. The van der Waals surface area contributed by atoms with Gasteiger partial charge >= 0.3 is 0 Å². The lowest BCUT2D eigenvalue weighted by atomic mass is 9.98. The van der Waals surface area contributed by atoms with Crippen LogP contribution in [0.2, 0.25) is 0 Å². The van der Waals surface area contributed by atoms with Crippen LogP contribution in [0.4, 0.5) is 5.82 Å². The molecule has 1 aliphatic rings. The Kier molecular flexibility index (Phi) is 4.82. The average Bonchev–Trinajstić information content (AvgIpc) is 2.97. The summed E-state index contributed by atoms with van der Waals surface area (Å²) in [6.07, 6.45) is 9.69. The lowest BCUT2D eigenvalue weighted by molar-refractivity contribution is 0.0284. The number of nitrogens with zero attached hydrogens (tertiary/aromatic N) is 2. The highest BCUT2D eigenvalue weighted by Gasteiger charge is 2.13. The molecule has 108 valence electrons. The third kappa shape index (κ3) is 3.46. The van der Waals surface area contributed by atoms with Crippen molar-refractivity contribution in [2.75, 3.05) is 18.5 Å². The molecule has 1 saturated carbocycles. The van der Waals surface area contributed by atoms with Crippen molar-refractivity contribution in [1.82, 2.24) is 9.97 Å². The summed E-state index contributed by atoms with van der Waals surface area (Å²) in [6, 6.07) is 2.07. The van der Waals surface area contributed by atoms with Gasteiger partial charge in [0.05, 0.1) is 11.5 Å². The maximum Gasteiger partial charge on any atom is 0.138 e. The Morgan fingerprint density at radius 3 is 3.05 bits per heavy atom. The Balaban J connectivity index is 1.40. The fourth-order valence-electron chi connectivity index (χ4n) is 2.69. The van der Waals surface area contributed by atoms with Gasteiger partial charge in [-0.05, 0) is 30.7 Å². The first-order valence-electron chi connectivity index (χ1n) is 7.47. The summed E-state index contributed by atoms with van der Waals surface area (Å²) in [4.78, 5) is 9.60. The first-order chi connectivity index (χ1) is 9.93. The first kappa shape index (κ1) is 13.8. The van der Waals surface area contributed by atoms with Crippen molar-refractivity contribution in [1.29, 1.82) is 0 Å². The molecule has 1 fully saturated rings. The van der Waals surface area contributed by atoms with Gasteiger partial charge in [0.15, 0.2) is 0 Å². The van der Waals surface area contributed by atoms with Crippen LogP contribution in [0.1, 0.15) is 38.5 Å². The van der Waals surface area contributed by atoms with Gasteiger partial charge in [-0.15, -0.1) is 11.3 Å². The number of rotatable bonds is 6. The second-order valence-electron chi connectivity index (χ2n) is 5.27. The highest BCUT2D eigenvalue weighted by Crippen LogP contribution is 2.23. The van der Waals surface area contributed by atoms with Gasteiger partial charge in [-0.25, -0.2) is 9.97 Å². The lowest BCUT2D eigenvalue weighted by Gasteiger charge is -2.21. The summed E-state index contributed by atoms with van der Waals surface area (Å²) in [5, 5.41) is 6.56. The molecule has 20 heavy (non-hydrogen) atoms. The third-order valence-corrected chi connectivity index (χ3v) is 4.60. The number of ether oxygens (including phenoxy) is 1. The number of nitrogens with one attached hydrogen (secondary N) is 1. The zero-order valence-corrected chi connectivity index (χ0v) is 12.5. The van der Waals surface area contributed by atoms with Crippen molar-refractivity contribution in [3.63, 3.8) is 0 Å². The van der Waals surface area contributed by atoms with Crippen molar-refractivity contribution in [3.05, 3.63) is 17.8 Å².